The lowest BCUT2D eigenvalue weighted by molar-refractivity contribution is -0.124. The van der Waals surface area contributed by atoms with E-state index in [0.29, 0.717) is 25.7 Å². The number of aliphatic hydroxyl groups excluding tert-OH is 1. The molecule has 0 heterocycles. The maximum absolute atomic E-state index is 14.3. The van der Waals surface area contributed by atoms with Crippen LogP contribution >= 0.6 is 0 Å². The first-order valence-corrected chi connectivity index (χ1v) is 18.2. The van der Waals surface area contributed by atoms with E-state index in [1.165, 1.54) is 23.5 Å². The fourth-order valence-corrected chi connectivity index (χ4v) is 7.49. The third kappa shape index (κ3) is 11.0. The molecule has 268 valence electrons. The van der Waals surface area contributed by atoms with E-state index in [2.05, 4.69) is 10.6 Å². The maximum atomic E-state index is 14.3. The highest BCUT2D eigenvalue weighted by atomic mass is 32.2. The first-order valence-electron chi connectivity index (χ1n) is 16.7. The van der Waals surface area contributed by atoms with Crippen molar-refractivity contribution in [3.05, 3.63) is 95.8 Å². The zero-order valence-corrected chi connectivity index (χ0v) is 29.8. The lowest BCUT2D eigenvalue weighted by atomic mass is 9.84. The van der Waals surface area contributed by atoms with E-state index in [1.807, 2.05) is 88.4 Å². The van der Waals surface area contributed by atoms with Crippen LogP contribution in [0.25, 0.3) is 0 Å². The van der Waals surface area contributed by atoms with Crippen LogP contribution in [0.4, 0.5) is 14.9 Å². The third-order valence-corrected chi connectivity index (χ3v) is 10.6. The number of alkyl carbamates (subject to hydrolysis) is 1. The van der Waals surface area contributed by atoms with Gasteiger partial charge in [0.25, 0.3) is 0 Å². The van der Waals surface area contributed by atoms with Gasteiger partial charge in [-0.25, -0.2) is 17.6 Å². The molecule has 0 aliphatic rings. The second-order valence-corrected chi connectivity index (χ2v) is 14.9. The molecule has 0 bridgehead atoms. The second kappa shape index (κ2) is 18.7. The van der Waals surface area contributed by atoms with Crippen LogP contribution in [0, 0.1) is 17.7 Å². The summed E-state index contributed by atoms with van der Waals surface area (Å²) >= 11 is 0. The van der Waals surface area contributed by atoms with Crippen molar-refractivity contribution in [2.24, 2.45) is 11.8 Å². The summed E-state index contributed by atoms with van der Waals surface area (Å²) in [5.74, 6) is -1.58. The number of amides is 2. The Kier molecular flexibility index (Phi) is 15.0. The summed E-state index contributed by atoms with van der Waals surface area (Å²) in [6, 6.07) is 20.2. The van der Waals surface area contributed by atoms with E-state index in [9.17, 15) is 27.5 Å². The Hall–Kier alpha value is -4.00. The Morgan fingerprint density at radius 3 is 1.98 bits per heavy atom. The summed E-state index contributed by atoms with van der Waals surface area (Å²) in [7, 11) is -2.92. The minimum absolute atomic E-state index is 0.0132. The lowest BCUT2D eigenvalue weighted by Crippen LogP contribution is -2.53. The number of carbonyl (C=O) groups excluding carboxylic acids is 2. The van der Waals surface area contributed by atoms with Crippen LogP contribution in [0.2, 0.25) is 0 Å². The summed E-state index contributed by atoms with van der Waals surface area (Å²) in [6.07, 6.45) is 1.03. The van der Waals surface area contributed by atoms with E-state index < -0.39 is 52.4 Å². The van der Waals surface area contributed by atoms with E-state index in [0.717, 1.165) is 17.2 Å². The molecule has 0 saturated carbocycles. The minimum atomic E-state index is -4.16. The van der Waals surface area contributed by atoms with Crippen molar-refractivity contribution in [3.63, 3.8) is 0 Å². The quantitative estimate of drug-likeness (QED) is 0.125. The van der Waals surface area contributed by atoms with Crippen LogP contribution in [0.1, 0.15) is 70.4 Å². The number of carbonyl (C=O) groups is 2. The highest BCUT2D eigenvalue weighted by molar-refractivity contribution is 7.89. The molecule has 3 aromatic rings. The second-order valence-electron chi connectivity index (χ2n) is 13.0. The molecule has 3 aromatic carbocycles. The Morgan fingerprint density at radius 1 is 0.898 bits per heavy atom. The monoisotopic (exact) mass is 698 g/mol. The molecule has 0 unspecified atom stereocenters. The van der Waals surface area contributed by atoms with Gasteiger partial charge in [-0.1, -0.05) is 88.4 Å². The average molecular weight is 699 g/mol. The Labute approximate surface area is 290 Å². The number of sulfonamides is 1. The standard InChI is InChI=1S/C37H51FN4O6S/c1-25(2)21-22-42(49(46,47)30-19-20-32(39)31(38)23-30)29(24-43)17-12-18-33(26(3)4)40-36(44)35(41-37(45)48-5)34(27-13-8-6-9-14-27)28-15-10-7-11-16-28/h6-11,13-16,19-20,23,25-26,29,33-35,43H,12,17-18,21-22,24,39H2,1-5H3,(H,40,44)(H,41,45)/t29-,33+,35-/m0/s1. The van der Waals surface area contributed by atoms with Gasteiger partial charge in [0.15, 0.2) is 0 Å². The third-order valence-electron chi connectivity index (χ3n) is 8.70. The normalized spacial score (nSPS) is 13.8. The molecule has 0 aromatic heterocycles. The van der Waals surface area contributed by atoms with Gasteiger partial charge in [0, 0.05) is 24.5 Å². The molecule has 12 heteroatoms. The predicted octanol–water partition coefficient (Wildman–Crippen LogP) is 5.67. The van der Waals surface area contributed by atoms with E-state index in [1.54, 1.807) is 0 Å². The van der Waals surface area contributed by atoms with Gasteiger partial charge in [0.2, 0.25) is 15.9 Å². The summed E-state index contributed by atoms with van der Waals surface area (Å²) in [4.78, 5) is 26.4. The highest BCUT2D eigenvalue weighted by Crippen LogP contribution is 2.30. The maximum Gasteiger partial charge on any atom is 0.407 e. The minimum Gasteiger partial charge on any atom is -0.453 e. The van der Waals surface area contributed by atoms with Crippen molar-refractivity contribution in [1.29, 1.82) is 0 Å². The van der Waals surface area contributed by atoms with Gasteiger partial charge >= 0.3 is 6.09 Å². The highest BCUT2D eigenvalue weighted by Gasteiger charge is 2.35. The molecule has 3 atom stereocenters. The van der Waals surface area contributed by atoms with Crippen molar-refractivity contribution >= 4 is 27.7 Å². The molecule has 49 heavy (non-hydrogen) atoms. The van der Waals surface area contributed by atoms with Crippen molar-refractivity contribution < 1.29 is 32.2 Å². The number of nitrogens with zero attached hydrogens (tertiary/aromatic N) is 1. The van der Waals surface area contributed by atoms with Crippen molar-refractivity contribution in [1.82, 2.24) is 14.9 Å². The number of methoxy groups -OCH3 is 1. The van der Waals surface area contributed by atoms with Crippen molar-refractivity contribution in [2.45, 2.75) is 82.3 Å². The Bertz CT molecular complexity index is 1550. The molecule has 10 nitrogen and oxygen atoms in total. The number of rotatable bonds is 18. The lowest BCUT2D eigenvalue weighted by Gasteiger charge is -2.32. The van der Waals surface area contributed by atoms with E-state index in [-0.39, 0.29) is 35.0 Å². The summed E-state index contributed by atoms with van der Waals surface area (Å²) in [5, 5.41) is 16.3. The molecule has 3 rings (SSSR count). The summed E-state index contributed by atoms with van der Waals surface area (Å²) in [5.41, 5.74) is 7.10. The van der Waals surface area contributed by atoms with Crippen molar-refractivity contribution in [2.75, 3.05) is 26.0 Å². The van der Waals surface area contributed by atoms with Gasteiger partial charge in [-0.3, -0.25) is 4.79 Å². The van der Waals surface area contributed by atoms with Gasteiger partial charge in [-0.05, 0) is 66.8 Å². The fourth-order valence-electron chi connectivity index (χ4n) is 5.82. The first kappa shape index (κ1) is 39.4. The van der Waals surface area contributed by atoms with Crippen molar-refractivity contribution in [3.8, 4) is 0 Å². The van der Waals surface area contributed by atoms with E-state index >= 15 is 0 Å². The molecule has 2 amide bonds. The average Bonchev–Trinajstić information content (AvgIpc) is 3.08. The summed E-state index contributed by atoms with van der Waals surface area (Å²) < 4.78 is 48.0. The number of hydrogen-bond donors (Lipinski definition) is 4. The Morgan fingerprint density at radius 2 is 1.49 bits per heavy atom. The zero-order valence-electron chi connectivity index (χ0n) is 29.0. The molecule has 0 aliphatic carbocycles. The number of benzene rings is 3. The smallest absolute Gasteiger partial charge is 0.407 e. The van der Waals surface area contributed by atoms with Crippen LogP contribution in [-0.4, -0.2) is 68.2 Å². The Balaban J connectivity index is 1.84. The molecule has 0 aliphatic heterocycles. The van der Waals surface area contributed by atoms with E-state index in [4.69, 9.17) is 10.5 Å². The van der Waals surface area contributed by atoms with Crippen LogP contribution in [0.3, 0.4) is 0 Å². The van der Waals surface area contributed by atoms with Gasteiger partial charge < -0.3 is 26.2 Å². The van der Waals surface area contributed by atoms with Gasteiger partial charge in [0.05, 0.1) is 24.3 Å². The topological polar surface area (TPSA) is 151 Å². The summed E-state index contributed by atoms with van der Waals surface area (Å²) in [6.45, 7) is 7.59. The number of halogens is 1. The number of anilines is 1. The number of nitrogens with one attached hydrogen (secondary N) is 2. The number of aliphatic hydroxyl groups is 1. The molecule has 5 N–H and O–H groups in total. The molecule has 0 saturated heterocycles. The van der Waals surface area contributed by atoms with Gasteiger partial charge in [-0.2, -0.15) is 4.31 Å². The molecule has 0 spiro atoms. The fraction of sp³-hybridized carbons (Fsp3) is 0.459. The molecular formula is C37H51FN4O6S. The predicted molar refractivity (Wildman–Crippen MR) is 190 cm³/mol. The first-order chi connectivity index (χ1) is 23.3. The zero-order chi connectivity index (χ0) is 36.1. The SMILES string of the molecule is COC(=O)N[C@H](C(=O)N[C@H](CCC[C@@H](CO)N(CCC(C)C)S(=O)(=O)c1ccc(N)c(F)c1)C(C)C)C(c1ccccc1)c1ccccc1. The molecule has 0 radical (unpaired) electrons. The van der Waals surface area contributed by atoms with Crippen LogP contribution < -0.4 is 16.4 Å². The largest absolute Gasteiger partial charge is 0.453 e. The molecule has 0 fully saturated rings. The van der Waals surface area contributed by atoms with Crippen LogP contribution in [-0.2, 0) is 19.6 Å². The number of hydrogen-bond acceptors (Lipinski definition) is 7. The molecular weight excluding hydrogens is 647 g/mol. The van der Waals surface area contributed by atoms with Gasteiger partial charge in [0.1, 0.15) is 11.9 Å². The van der Waals surface area contributed by atoms with Gasteiger partial charge in [-0.15, -0.1) is 0 Å². The number of nitrogens with two attached hydrogens (primary N) is 1. The number of nitrogen functional groups attached to an aromatic ring is 1. The number of ether oxygens (including phenoxy) is 1. The van der Waals surface area contributed by atoms with Crippen LogP contribution in [0.15, 0.2) is 83.8 Å². The van der Waals surface area contributed by atoms with Crippen LogP contribution in [0.5, 0.6) is 0 Å².